The molecule has 0 fully saturated rings. The number of aliphatic hydroxyl groups excluding tert-OH is 1. The normalized spacial score (nSPS) is 12.3. The Kier molecular flexibility index (Phi) is 6.74. The molecule has 1 amide bonds. The maximum absolute atomic E-state index is 11.3. The van der Waals surface area contributed by atoms with Gasteiger partial charge in [0.15, 0.2) is 0 Å². The lowest BCUT2D eigenvalue weighted by Gasteiger charge is -2.18. The Hall–Kier alpha value is -1.10. The monoisotopic (exact) mass is 203 g/mol. The molecule has 0 spiro atoms. The number of hydrogen-bond donors (Lipinski definition) is 2. The summed E-state index contributed by atoms with van der Waals surface area (Å²) < 4.78 is 4.84. The molecule has 2 N–H and O–H groups in total. The molecular weight excluding hydrogens is 186 g/mol. The minimum atomic E-state index is -0.605. The third kappa shape index (κ3) is 4.81. The van der Waals surface area contributed by atoms with E-state index in [0.29, 0.717) is 12.8 Å². The molecule has 0 aromatic carbocycles. The number of carbonyl (C=O) groups is 2. The van der Waals surface area contributed by atoms with E-state index in [1.54, 1.807) is 0 Å². The lowest BCUT2D eigenvalue weighted by Crippen LogP contribution is -2.41. The molecule has 0 heterocycles. The van der Waals surface area contributed by atoms with Crippen LogP contribution in [-0.4, -0.2) is 36.7 Å². The lowest BCUT2D eigenvalue weighted by atomic mass is 10.1. The first-order valence-corrected chi connectivity index (χ1v) is 4.60. The van der Waals surface area contributed by atoms with Crippen LogP contribution in [0.4, 0.5) is 0 Å². The molecule has 0 aromatic heterocycles. The summed E-state index contributed by atoms with van der Waals surface area (Å²) in [4.78, 5) is 21.5. The van der Waals surface area contributed by atoms with E-state index in [1.165, 1.54) is 0 Å². The van der Waals surface area contributed by atoms with Crippen LogP contribution in [0.15, 0.2) is 0 Å². The predicted molar refractivity (Wildman–Crippen MR) is 50.5 cm³/mol. The Labute approximate surface area is 83.4 Å². The Morgan fingerprint density at radius 1 is 1.57 bits per heavy atom. The van der Waals surface area contributed by atoms with Crippen molar-refractivity contribution in [3.8, 4) is 0 Å². The molecule has 0 bridgehead atoms. The second kappa shape index (κ2) is 7.32. The summed E-state index contributed by atoms with van der Waals surface area (Å²) in [5.74, 6) is -0.470. The van der Waals surface area contributed by atoms with E-state index in [2.05, 4.69) is 5.32 Å². The molecule has 0 rings (SSSR count). The summed E-state index contributed by atoms with van der Waals surface area (Å²) in [6.45, 7) is 3.79. The highest BCUT2D eigenvalue weighted by Gasteiger charge is 2.22. The SMILES string of the molecule is CC(C)C(NC=O)C(=O)OCCCO. The molecule has 0 radical (unpaired) electrons. The minimum absolute atomic E-state index is 0.0122. The number of carbonyl (C=O) groups excluding carboxylic acids is 2. The summed E-state index contributed by atoms with van der Waals surface area (Å²) in [6, 6.07) is -0.605. The van der Waals surface area contributed by atoms with Gasteiger partial charge in [0.2, 0.25) is 6.41 Å². The molecule has 5 nitrogen and oxygen atoms in total. The fourth-order valence-corrected chi connectivity index (χ4v) is 0.933. The van der Waals surface area contributed by atoms with Crippen LogP contribution in [-0.2, 0) is 14.3 Å². The number of hydrogen-bond acceptors (Lipinski definition) is 4. The summed E-state index contributed by atoms with van der Waals surface area (Å²) in [5.41, 5.74) is 0. The smallest absolute Gasteiger partial charge is 0.328 e. The van der Waals surface area contributed by atoms with Crippen molar-refractivity contribution < 1.29 is 19.4 Å². The van der Waals surface area contributed by atoms with E-state index in [1.807, 2.05) is 13.8 Å². The minimum Gasteiger partial charge on any atom is -0.464 e. The van der Waals surface area contributed by atoms with Crippen LogP contribution in [0.3, 0.4) is 0 Å². The zero-order valence-electron chi connectivity index (χ0n) is 8.53. The number of rotatable bonds is 7. The third-order valence-corrected chi connectivity index (χ3v) is 1.71. The van der Waals surface area contributed by atoms with Gasteiger partial charge in [0.05, 0.1) is 6.61 Å². The summed E-state index contributed by atoms with van der Waals surface area (Å²) in [5, 5.41) is 10.9. The highest BCUT2D eigenvalue weighted by Crippen LogP contribution is 2.03. The molecule has 0 saturated carbocycles. The van der Waals surface area contributed by atoms with Gasteiger partial charge in [-0.25, -0.2) is 4.79 Å². The molecule has 0 aliphatic rings. The van der Waals surface area contributed by atoms with Gasteiger partial charge in [-0.1, -0.05) is 13.8 Å². The zero-order chi connectivity index (χ0) is 11.0. The Morgan fingerprint density at radius 2 is 2.21 bits per heavy atom. The molecule has 5 heteroatoms. The number of nitrogens with one attached hydrogen (secondary N) is 1. The Bertz CT molecular complexity index is 182. The van der Waals surface area contributed by atoms with E-state index in [4.69, 9.17) is 9.84 Å². The van der Waals surface area contributed by atoms with Crippen LogP contribution in [0, 0.1) is 5.92 Å². The van der Waals surface area contributed by atoms with Crippen LogP contribution in [0.2, 0.25) is 0 Å². The fraction of sp³-hybridized carbons (Fsp3) is 0.778. The summed E-state index contributed by atoms with van der Waals surface area (Å²) >= 11 is 0. The van der Waals surface area contributed by atoms with E-state index in [0.717, 1.165) is 0 Å². The van der Waals surface area contributed by atoms with E-state index in [-0.39, 0.29) is 19.1 Å². The average molecular weight is 203 g/mol. The first-order chi connectivity index (χ1) is 6.63. The lowest BCUT2D eigenvalue weighted by molar-refractivity contribution is -0.148. The molecule has 1 unspecified atom stereocenters. The average Bonchev–Trinajstić information content (AvgIpc) is 2.13. The van der Waals surface area contributed by atoms with Crippen LogP contribution in [0.5, 0.6) is 0 Å². The number of aliphatic hydroxyl groups is 1. The highest BCUT2D eigenvalue weighted by atomic mass is 16.5. The van der Waals surface area contributed by atoms with Gasteiger partial charge in [0.1, 0.15) is 6.04 Å². The molecule has 0 aliphatic heterocycles. The molecule has 0 aliphatic carbocycles. The van der Waals surface area contributed by atoms with Crippen molar-refractivity contribution in [1.29, 1.82) is 0 Å². The van der Waals surface area contributed by atoms with E-state index in [9.17, 15) is 9.59 Å². The van der Waals surface area contributed by atoms with Gasteiger partial charge in [-0.05, 0) is 5.92 Å². The van der Waals surface area contributed by atoms with Crippen LogP contribution < -0.4 is 5.32 Å². The molecule has 82 valence electrons. The predicted octanol–water partition coefficient (Wildman–Crippen LogP) is -0.317. The van der Waals surface area contributed by atoms with Crippen molar-refractivity contribution in [2.45, 2.75) is 26.3 Å². The second-order valence-corrected chi connectivity index (χ2v) is 3.25. The molecule has 14 heavy (non-hydrogen) atoms. The molecule has 0 saturated heterocycles. The third-order valence-electron chi connectivity index (χ3n) is 1.71. The van der Waals surface area contributed by atoms with Gasteiger partial charge in [-0.2, -0.15) is 0 Å². The first kappa shape index (κ1) is 12.9. The quantitative estimate of drug-likeness (QED) is 0.338. The second-order valence-electron chi connectivity index (χ2n) is 3.25. The standard InChI is InChI=1S/C9H17NO4/c1-7(2)8(10-6-12)9(13)14-5-3-4-11/h6-8,11H,3-5H2,1-2H3,(H,10,12). The number of esters is 1. The van der Waals surface area contributed by atoms with Crippen molar-refractivity contribution >= 4 is 12.4 Å². The van der Waals surface area contributed by atoms with Crippen LogP contribution >= 0.6 is 0 Å². The first-order valence-electron chi connectivity index (χ1n) is 4.60. The van der Waals surface area contributed by atoms with E-state index < -0.39 is 12.0 Å². The fourth-order valence-electron chi connectivity index (χ4n) is 0.933. The Morgan fingerprint density at radius 3 is 2.64 bits per heavy atom. The molecular formula is C9H17NO4. The van der Waals surface area contributed by atoms with E-state index >= 15 is 0 Å². The largest absolute Gasteiger partial charge is 0.464 e. The van der Waals surface area contributed by atoms with Crippen LogP contribution in [0.25, 0.3) is 0 Å². The highest BCUT2D eigenvalue weighted by molar-refractivity contribution is 5.78. The summed E-state index contributed by atoms with van der Waals surface area (Å²) in [7, 11) is 0. The van der Waals surface area contributed by atoms with Crippen molar-refractivity contribution in [2.75, 3.05) is 13.2 Å². The maximum atomic E-state index is 11.3. The maximum Gasteiger partial charge on any atom is 0.328 e. The zero-order valence-corrected chi connectivity index (χ0v) is 8.53. The Balaban J connectivity index is 3.95. The summed E-state index contributed by atoms with van der Waals surface area (Å²) in [6.07, 6.45) is 0.898. The van der Waals surface area contributed by atoms with Crippen molar-refractivity contribution in [3.05, 3.63) is 0 Å². The molecule has 1 atom stereocenters. The molecule has 0 aromatic rings. The number of ether oxygens (including phenoxy) is 1. The van der Waals surface area contributed by atoms with Crippen LogP contribution in [0.1, 0.15) is 20.3 Å². The van der Waals surface area contributed by atoms with Gasteiger partial charge >= 0.3 is 5.97 Å². The van der Waals surface area contributed by atoms with Crippen molar-refractivity contribution in [1.82, 2.24) is 5.32 Å². The van der Waals surface area contributed by atoms with Crippen molar-refractivity contribution in [3.63, 3.8) is 0 Å². The van der Waals surface area contributed by atoms with Gasteiger partial charge in [-0.15, -0.1) is 0 Å². The van der Waals surface area contributed by atoms with Gasteiger partial charge in [0.25, 0.3) is 0 Å². The topological polar surface area (TPSA) is 75.6 Å². The van der Waals surface area contributed by atoms with Gasteiger partial charge in [-0.3, -0.25) is 4.79 Å². The number of amides is 1. The van der Waals surface area contributed by atoms with Crippen molar-refractivity contribution in [2.24, 2.45) is 5.92 Å². The van der Waals surface area contributed by atoms with Gasteiger partial charge < -0.3 is 15.2 Å². The van der Waals surface area contributed by atoms with Gasteiger partial charge in [0, 0.05) is 13.0 Å².